The first-order chi connectivity index (χ1) is 50.3. The van der Waals surface area contributed by atoms with Crippen LogP contribution < -0.4 is 5.32 Å². The number of carbonyl (C=O) groups is 5. The van der Waals surface area contributed by atoms with Gasteiger partial charge >= 0.3 is 23.9 Å². The summed E-state index contributed by atoms with van der Waals surface area (Å²) in [6.07, 6.45) is -36.6. The van der Waals surface area contributed by atoms with Crippen molar-refractivity contribution in [1.82, 2.24) is 5.32 Å². The second kappa shape index (κ2) is 32.5. The summed E-state index contributed by atoms with van der Waals surface area (Å²) in [6, 6.07) is 9.32. The highest BCUT2D eigenvalue weighted by molar-refractivity contribution is 5.81. The summed E-state index contributed by atoms with van der Waals surface area (Å²) in [4.78, 5) is 63.8. The van der Waals surface area contributed by atoms with Gasteiger partial charge in [-0.1, -0.05) is 90.4 Å². The number of hydrogen-bond donors (Lipinski definition) is 13. The molecule has 0 spiro atoms. The van der Waals surface area contributed by atoms with Crippen molar-refractivity contribution in [2.75, 3.05) is 33.0 Å². The molecule has 10 aliphatic rings. The smallest absolute Gasteiger partial charge is 0.303 e. The Bertz CT molecular complexity index is 3310. The molecular formula is C75H113NO31. The zero-order chi connectivity index (χ0) is 78.1. The Balaban J connectivity index is 0.830. The minimum Gasteiger partial charge on any atom is -0.463 e. The second-order valence-electron chi connectivity index (χ2n) is 33.3. The zero-order valence-electron chi connectivity index (χ0n) is 62.8. The number of esters is 4. The molecule has 4 saturated carbocycles. The van der Waals surface area contributed by atoms with Crippen molar-refractivity contribution in [3.63, 3.8) is 0 Å². The van der Waals surface area contributed by atoms with Crippen LogP contribution in [-0.2, 0) is 96.7 Å². The molecule has 32 nitrogen and oxygen atoms in total. The van der Waals surface area contributed by atoms with Crippen LogP contribution in [0.5, 0.6) is 0 Å². The van der Waals surface area contributed by atoms with Crippen molar-refractivity contribution < 1.29 is 152 Å². The third-order valence-electron chi connectivity index (χ3n) is 26.3. The largest absolute Gasteiger partial charge is 0.463 e. The fourth-order valence-electron chi connectivity index (χ4n) is 20.0. The van der Waals surface area contributed by atoms with Crippen LogP contribution in [0.4, 0.5) is 0 Å². The third kappa shape index (κ3) is 15.7. The van der Waals surface area contributed by atoms with E-state index in [1.54, 1.807) is 0 Å². The predicted octanol–water partition coefficient (Wildman–Crippen LogP) is -0.480. The number of hydrogen-bond acceptors (Lipinski definition) is 31. The van der Waals surface area contributed by atoms with Crippen molar-refractivity contribution >= 4 is 29.8 Å². The molecule has 9 fully saturated rings. The molecule has 32 heteroatoms. The summed E-state index contributed by atoms with van der Waals surface area (Å²) in [6.45, 7) is 18.5. The first-order valence-electron chi connectivity index (χ1n) is 37.5. The maximum absolute atomic E-state index is 14.2. The zero-order valence-corrected chi connectivity index (χ0v) is 62.8. The van der Waals surface area contributed by atoms with Gasteiger partial charge in [0.25, 0.3) is 5.91 Å². The van der Waals surface area contributed by atoms with E-state index in [2.05, 4.69) is 39.1 Å². The van der Waals surface area contributed by atoms with Crippen molar-refractivity contribution in [3.8, 4) is 0 Å². The summed E-state index contributed by atoms with van der Waals surface area (Å²) in [7, 11) is 0. The van der Waals surface area contributed by atoms with Crippen LogP contribution >= 0.6 is 0 Å². The van der Waals surface area contributed by atoms with Crippen molar-refractivity contribution in [1.29, 1.82) is 0 Å². The van der Waals surface area contributed by atoms with E-state index in [1.807, 2.05) is 51.1 Å². The summed E-state index contributed by atoms with van der Waals surface area (Å²) in [5.41, 5.74) is -1.79. The van der Waals surface area contributed by atoms with Gasteiger partial charge in [0, 0.05) is 45.1 Å². The number of aliphatic hydroxyl groups is 12. The minimum atomic E-state index is -2.03. The number of aliphatic hydroxyl groups excluding tert-OH is 12. The Morgan fingerprint density at radius 2 is 1.16 bits per heavy atom. The lowest BCUT2D eigenvalue weighted by atomic mass is 9.33. The van der Waals surface area contributed by atoms with Crippen molar-refractivity contribution in [3.05, 3.63) is 47.5 Å². The average molecular weight is 1520 g/mol. The van der Waals surface area contributed by atoms with Gasteiger partial charge < -0.3 is 133 Å². The Kier molecular flexibility index (Phi) is 25.3. The number of nitrogens with one attached hydrogen (secondary N) is 1. The fourth-order valence-corrected chi connectivity index (χ4v) is 20.0. The molecule has 5 heterocycles. The fraction of sp³-hybridized carbons (Fsp3) is 0.827. The SMILES string of the molecule is CC(=O)OC[C@H]1O[C@@H](O[C@H]2CO[C@@H](O[C@@H]3[C@H](O)C(C)(C)CC4C5=CCC6[C@@]7(C)CCC(O[C@@H]8O[C@H](C(=O)NCCc9ccccc9)[C@@H](O)[C@H](O)[C@H]8O[C@@H]8O[C@H](CO)[C@H](O)[C@H](O)[C@H]8O[C@@H]8O[C@@H](C)[C@H](O)[C@@H](O)[C@H]8O)[C@](C)(CO)C7CC[C@@]6(C)[C@]5(C)CC[C@]43C)[C@H](O)[C@H]2O)[C@H](OC(C)=O)[C@@H](OC(C)=O)[C@@H]1OC(C)=O. The molecule has 1 aromatic carbocycles. The van der Waals surface area contributed by atoms with Gasteiger partial charge in [0.1, 0.15) is 92.1 Å². The molecule has 5 saturated heterocycles. The Hall–Kier alpha value is -4.57. The molecule has 11 rings (SSSR count). The molecule has 5 aliphatic heterocycles. The molecule has 0 aromatic heterocycles. The molecule has 4 unspecified atom stereocenters. The number of amides is 1. The van der Waals surface area contributed by atoms with Crippen LogP contribution in [0.1, 0.15) is 140 Å². The van der Waals surface area contributed by atoms with Crippen LogP contribution in [0.25, 0.3) is 0 Å². The quantitative estimate of drug-likeness (QED) is 0.0320. The topological polar surface area (TPSA) is 469 Å². The van der Waals surface area contributed by atoms with Crippen LogP contribution in [0.3, 0.4) is 0 Å². The van der Waals surface area contributed by atoms with E-state index in [1.165, 1.54) is 12.5 Å². The normalized spacial score (nSPS) is 47.4. The summed E-state index contributed by atoms with van der Waals surface area (Å²) < 4.78 is 85.0. The van der Waals surface area contributed by atoms with Crippen LogP contribution in [0, 0.1) is 50.2 Å². The highest BCUT2D eigenvalue weighted by Crippen LogP contribution is 2.76. The number of allylic oxidation sites excluding steroid dienone is 2. The maximum Gasteiger partial charge on any atom is 0.303 e. The van der Waals surface area contributed by atoms with Crippen LogP contribution in [0.2, 0.25) is 0 Å². The van der Waals surface area contributed by atoms with Crippen molar-refractivity contribution in [2.45, 2.75) is 307 Å². The van der Waals surface area contributed by atoms with E-state index in [0.717, 1.165) is 33.3 Å². The lowest BCUT2D eigenvalue weighted by Crippen LogP contribution is -2.69. The van der Waals surface area contributed by atoms with Crippen LogP contribution in [0.15, 0.2) is 42.0 Å². The molecule has 0 bridgehead atoms. The predicted molar refractivity (Wildman–Crippen MR) is 365 cm³/mol. The molecule has 107 heavy (non-hydrogen) atoms. The van der Waals surface area contributed by atoms with E-state index >= 15 is 0 Å². The lowest BCUT2D eigenvalue weighted by molar-refractivity contribution is -0.395. The first kappa shape index (κ1) is 83.4. The molecule has 5 aliphatic carbocycles. The lowest BCUT2D eigenvalue weighted by Gasteiger charge is -2.72. The highest BCUT2D eigenvalue weighted by atomic mass is 16.8. The summed E-state index contributed by atoms with van der Waals surface area (Å²) in [5.74, 6) is -4.53. The highest BCUT2D eigenvalue weighted by Gasteiger charge is 2.71. The van der Waals surface area contributed by atoms with Gasteiger partial charge in [-0.05, 0) is 110 Å². The molecule has 1 aromatic rings. The van der Waals surface area contributed by atoms with E-state index < -0.39 is 249 Å². The van der Waals surface area contributed by atoms with E-state index in [0.29, 0.717) is 57.8 Å². The third-order valence-corrected chi connectivity index (χ3v) is 26.3. The maximum atomic E-state index is 14.2. The van der Waals surface area contributed by atoms with Gasteiger partial charge in [-0.3, -0.25) is 24.0 Å². The summed E-state index contributed by atoms with van der Waals surface area (Å²) >= 11 is 0. The molecule has 13 N–H and O–H groups in total. The van der Waals surface area contributed by atoms with E-state index in [-0.39, 0.29) is 29.7 Å². The number of fused-ring (bicyclic) bond motifs is 7. The van der Waals surface area contributed by atoms with Gasteiger partial charge in [0.2, 0.25) is 0 Å². The summed E-state index contributed by atoms with van der Waals surface area (Å²) in [5, 5.41) is 141. The molecule has 604 valence electrons. The van der Waals surface area contributed by atoms with E-state index in [9.17, 15) is 85.3 Å². The minimum absolute atomic E-state index is 0.0184. The Labute approximate surface area is 621 Å². The Morgan fingerprint density at radius 1 is 0.551 bits per heavy atom. The van der Waals surface area contributed by atoms with E-state index in [4.69, 9.17) is 66.3 Å². The average Bonchev–Trinajstić information content (AvgIpc) is 0.673. The number of rotatable bonds is 21. The molecule has 35 atom stereocenters. The number of carbonyl (C=O) groups excluding carboxylic acids is 5. The molecular weight excluding hydrogens is 1410 g/mol. The van der Waals surface area contributed by atoms with Gasteiger partial charge in [-0.15, -0.1) is 0 Å². The number of benzene rings is 1. The first-order valence-corrected chi connectivity index (χ1v) is 37.5. The number of ether oxygens (including phenoxy) is 14. The monoisotopic (exact) mass is 1520 g/mol. The van der Waals surface area contributed by atoms with Gasteiger partial charge in [-0.25, -0.2) is 0 Å². The molecule has 0 radical (unpaired) electrons. The van der Waals surface area contributed by atoms with Crippen molar-refractivity contribution in [2.24, 2.45) is 50.2 Å². The van der Waals surface area contributed by atoms with Gasteiger partial charge in [0.05, 0.1) is 44.2 Å². The van der Waals surface area contributed by atoms with Gasteiger partial charge in [0.15, 0.2) is 55.9 Å². The molecule has 1 amide bonds. The Morgan fingerprint density at radius 3 is 1.80 bits per heavy atom. The van der Waals surface area contributed by atoms with Gasteiger partial charge in [-0.2, -0.15) is 0 Å². The standard InChI is InChI=1S/C75H113NO31/c1-33-47(83)50(86)55(91)66(96-33)105-58-51(87)48(84)41(29-77)100-67(58)106-59-53(89)52(88)57(64(93)76-27-22-38-16-14-13-15-17-38)104-68(59)103-46-21-23-72(9)44(73(46,10)32-78)20-24-75(12)45(72)19-18-39-40-28-70(6,7)62(92)63(71(40,8)25-26-74(39,75)11)107-65-54(90)49(85)42(30-95-65)101-69-61(99-37(5)82)60(98-36(4)81)56(97-35(3)80)43(102-69)31-94-34(2)79/h13-18,33,40-63,65-69,77-78,83-92H,19-32H2,1-12H3,(H,76,93)/t33-,40?,41+,42-,43+,44?,45?,46?,47-,48-,49-,50+,51-,52-,53-,54+,55+,56+,57-,58+,59+,60-,61+,62-,63+,65-,66-,67-,68+,69+,71+,72-,73+,74+,75+/m0/s1. The second-order valence-corrected chi connectivity index (χ2v) is 33.3. The van der Waals surface area contributed by atoms with Crippen LogP contribution in [-0.4, -0.2) is 290 Å².